The van der Waals surface area contributed by atoms with Crippen molar-refractivity contribution in [2.24, 2.45) is 5.92 Å². The lowest BCUT2D eigenvalue weighted by atomic mass is 9.95. The van der Waals surface area contributed by atoms with Gasteiger partial charge in [0.25, 0.3) is 0 Å². The third-order valence-electron chi connectivity index (χ3n) is 3.24. The first-order valence-electron chi connectivity index (χ1n) is 6.59. The zero-order valence-corrected chi connectivity index (χ0v) is 11.2. The molecule has 1 aromatic carbocycles. The molecule has 1 aliphatic rings. The second-order valence-electron chi connectivity index (χ2n) is 4.59. The molecule has 2 atom stereocenters. The number of rotatable bonds is 6. The van der Waals surface area contributed by atoms with Crippen LogP contribution in [0.4, 0.5) is 8.78 Å². The smallest absolute Gasteiger partial charge is 0.387 e. The van der Waals surface area contributed by atoms with Crippen molar-refractivity contribution in [2.75, 3.05) is 19.8 Å². The van der Waals surface area contributed by atoms with E-state index in [1.165, 1.54) is 6.07 Å². The van der Waals surface area contributed by atoms with Crippen molar-refractivity contribution in [2.45, 2.75) is 26.1 Å². The monoisotopic (exact) mass is 288 g/mol. The Kier molecular flexibility index (Phi) is 5.14. The van der Waals surface area contributed by atoms with Crippen LogP contribution < -0.4 is 9.47 Å². The summed E-state index contributed by atoms with van der Waals surface area (Å²) in [6, 6.07) is 4.51. The van der Waals surface area contributed by atoms with Gasteiger partial charge in [-0.25, -0.2) is 0 Å². The predicted molar refractivity (Wildman–Crippen MR) is 68.1 cm³/mol. The fraction of sp³-hybridized carbons (Fsp3) is 0.571. The highest BCUT2D eigenvalue weighted by atomic mass is 19.3. The van der Waals surface area contributed by atoms with Crippen LogP contribution in [0.2, 0.25) is 0 Å². The summed E-state index contributed by atoms with van der Waals surface area (Å²) in [6.07, 6.45) is 0.0813. The Balaban J connectivity index is 2.19. The molecule has 2 rings (SSSR count). The van der Waals surface area contributed by atoms with Crippen molar-refractivity contribution in [3.05, 3.63) is 23.8 Å². The van der Waals surface area contributed by atoms with Gasteiger partial charge in [0.2, 0.25) is 0 Å². The first kappa shape index (κ1) is 15.0. The fourth-order valence-corrected chi connectivity index (χ4v) is 2.24. The second kappa shape index (κ2) is 6.85. The molecular formula is C14H18F2O4. The normalized spacial score (nSPS) is 20.1. The third kappa shape index (κ3) is 3.58. The summed E-state index contributed by atoms with van der Waals surface area (Å²) in [5.41, 5.74) is 0.616. The van der Waals surface area contributed by atoms with Crippen LogP contribution in [-0.2, 0) is 4.74 Å². The number of alkyl halides is 2. The minimum Gasteiger partial charge on any atom is -0.490 e. The number of halogens is 2. The minimum absolute atomic E-state index is 0.0198. The average Bonchev–Trinajstić information content (AvgIpc) is 2.93. The van der Waals surface area contributed by atoms with E-state index < -0.39 is 12.7 Å². The maximum Gasteiger partial charge on any atom is 0.387 e. The van der Waals surface area contributed by atoms with Gasteiger partial charge in [-0.15, -0.1) is 0 Å². The Morgan fingerprint density at radius 2 is 2.20 bits per heavy atom. The summed E-state index contributed by atoms with van der Waals surface area (Å²) in [5.74, 6) is 0.204. The molecule has 1 heterocycles. The lowest BCUT2D eigenvalue weighted by Crippen LogP contribution is -2.13. The minimum atomic E-state index is -2.91. The zero-order chi connectivity index (χ0) is 14.5. The molecule has 0 bridgehead atoms. The topological polar surface area (TPSA) is 47.9 Å². The van der Waals surface area contributed by atoms with E-state index in [1.54, 1.807) is 19.1 Å². The molecule has 0 aliphatic carbocycles. The number of aliphatic hydroxyl groups is 1. The molecule has 0 radical (unpaired) electrons. The Bertz CT molecular complexity index is 433. The van der Waals surface area contributed by atoms with Gasteiger partial charge in [-0.05, 0) is 31.0 Å². The van der Waals surface area contributed by atoms with Gasteiger partial charge in [0, 0.05) is 12.5 Å². The zero-order valence-electron chi connectivity index (χ0n) is 11.2. The van der Waals surface area contributed by atoms with Gasteiger partial charge in [-0.3, -0.25) is 0 Å². The molecule has 6 heteroatoms. The molecule has 112 valence electrons. The maximum atomic E-state index is 12.3. The van der Waals surface area contributed by atoms with E-state index in [-0.39, 0.29) is 17.4 Å². The van der Waals surface area contributed by atoms with Crippen LogP contribution in [0, 0.1) is 5.92 Å². The van der Waals surface area contributed by atoms with Crippen molar-refractivity contribution < 1.29 is 28.1 Å². The van der Waals surface area contributed by atoms with Crippen LogP contribution in [0.5, 0.6) is 11.5 Å². The van der Waals surface area contributed by atoms with Crippen molar-refractivity contribution in [1.29, 1.82) is 0 Å². The fourth-order valence-electron chi connectivity index (χ4n) is 2.24. The first-order valence-corrected chi connectivity index (χ1v) is 6.59. The molecule has 0 aromatic heterocycles. The summed E-state index contributed by atoms with van der Waals surface area (Å²) in [7, 11) is 0. The standard InChI is InChI=1S/C14H18F2O4/c1-2-19-12-7-9(3-4-11(12)20-14(15)16)13(17)10-5-6-18-8-10/h3-4,7,10,13-14,17H,2,5-6,8H2,1H3. The SMILES string of the molecule is CCOc1cc(C(O)C2CCOC2)ccc1OC(F)F. The third-order valence-corrected chi connectivity index (χ3v) is 3.24. The maximum absolute atomic E-state index is 12.3. The van der Waals surface area contributed by atoms with Gasteiger partial charge < -0.3 is 19.3 Å². The van der Waals surface area contributed by atoms with Gasteiger partial charge in [0.05, 0.1) is 19.3 Å². The molecule has 20 heavy (non-hydrogen) atoms. The van der Waals surface area contributed by atoms with Crippen LogP contribution in [-0.4, -0.2) is 31.5 Å². The van der Waals surface area contributed by atoms with E-state index in [9.17, 15) is 13.9 Å². The van der Waals surface area contributed by atoms with Crippen LogP contribution in [0.15, 0.2) is 18.2 Å². The summed E-state index contributed by atoms with van der Waals surface area (Å²) in [5, 5.41) is 10.3. The van der Waals surface area contributed by atoms with Crippen LogP contribution >= 0.6 is 0 Å². The average molecular weight is 288 g/mol. The molecule has 1 saturated heterocycles. The summed E-state index contributed by atoms with van der Waals surface area (Å²) in [4.78, 5) is 0. The Morgan fingerprint density at radius 3 is 2.80 bits per heavy atom. The second-order valence-corrected chi connectivity index (χ2v) is 4.59. The van der Waals surface area contributed by atoms with Gasteiger partial charge in [0.15, 0.2) is 11.5 Å². The van der Waals surface area contributed by atoms with Gasteiger partial charge >= 0.3 is 6.61 Å². The summed E-state index contributed by atoms with van der Waals surface area (Å²) in [6.45, 7) is 0.298. The molecule has 4 nitrogen and oxygen atoms in total. The quantitative estimate of drug-likeness (QED) is 0.874. The van der Waals surface area contributed by atoms with Crippen molar-refractivity contribution >= 4 is 0 Å². The highest BCUT2D eigenvalue weighted by Crippen LogP contribution is 2.35. The van der Waals surface area contributed by atoms with Gasteiger partial charge in [-0.2, -0.15) is 8.78 Å². The first-order chi connectivity index (χ1) is 9.61. The Hall–Kier alpha value is -1.40. The molecule has 1 N–H and O–H groups in total. The number of hydrogen-bond donors (Lipinski definition) is 1. The van der Waals surface area contributed by atoms with Gasteiger partial charge in [-0.1, -0.05) is 6.07 Å². The van der Waals surface area contributed by atoms with Crippen LogP contribution in [0.25, 0.3) is 0 Å². The largest absolute Gasteiger partial charge is 0.490 e. The molecule has 0 amide bonds. The summed E-state index contributed by atoms with van der Waals surface area (Å²) < 4.78 is 39.5. The lowest BCUT2D eigenvalue weighted by molar-refractivity contribution is -0.0514. The van der Waals surface area contributed by atoms with Crippen LogP contribution in [0.1, 0.15) is 25.0 Å². The molecule has 1 aliphatic heterocycles. The molecular weight excluding hydrogens is 270 g/mol. The van der Waals surface area contributed by atoms with Crippen molar-refractivity contribution in [3.8, 4) is 11.5 Å². The molecule has 1 fully saturated rings. The lowest BCUT2D eigenvalue weighted by Gasteiger charge is -2.19. The van der Waals surface area contributed by atoms with E-state index in [0.29, 0.717) is 25.4 Å². The summed E-state index contributed by atoms with van der Waals surface area (Å²) >= 11 is 0. The number of hydrogen-bond acceptors (Lipinski definition) is 4. The van der Waals surface area contributed by atoms with E-state index in [1.807, 2.05) is 0 Å². The van der Waals surface area contributed by atoms with Crippen molar-refractivity contribution in [3.63, 3.8) is 0 Å². The van der Waals surface area contributed by atoms with E-state index in [2.05, 4.69) is 4.74 Å². The molecule has 0 saturated carbocycles. The van der Waals surface area contributed by atoms with E-state index >= 15 is 0 Å². The molecule has 1 aromatic rings. The molecule has 0 spiro atoms. The predicted octanol–water partition coefficient (Wildman–Crippen LogP) is 2.76. The van der Waals surface area contributed by atoms with Gasteiger partial charge in [0.1, 0.15) is 0 Å². The Morgan fingerprint density at radius 1 is 1.40 bits per heavy atom. The van der Waals surface area contributed by atoms with Crippen LogP contribution in [0.3, 0.4) is 0 Å². The number of benzene rings is 1. The van der Waals surface area contributed by atoms with E-state index in [0.717, 1.165) is 6.42 Å². The highest BCUT2D eigenvalue weighted by Gasteiger charge is 2.26. The number of aliphatic hydroxyl groups excluding tert-OH is 1. The van der Waals surface area contributed by atoms with E-state index in [4.69, 9.17) is 9.47 Å². The highest BCUT2D eigenvalue weighted by molar-refractivity contribution is 5.43. The molecule has 2 unspecified atom stereocenters. The number of ether oxygens (including phenoxy) is 3. The Labute approximate surface area is 116 Å². The van der Waals surface area contributed by atoms with Crippen molar-refractivity contribution in [1.82, 2.24) is 0 Å².